The first-order chi connectivity index (χ1) is 12.5. The average Bonchev–Trinajstić information content (AvgIpc) is 3.27. The fourth-order valence-electron chi connectivity index (χ4n) is 2.13. The molecule has 0 radical (unpaired) electrons. The number of aromatic nitrogens is 3. The lowest BCUT2D eigenvalue weighted by molar-refractivity contribution is -0.385. The number of non-ortho nitro benzene ring substituents is 1. The number of rotatable bonds is 7. The van der Waals surface area contributed by atoms with E-state index in [-0.39, 0.29) is 17.0 Å². The lowest BCUT2D eigenvalue weighted by Crippen LogP contribution is -2.12. The van der Waals surface area contributed by atoms with Gasteiger partial charge < -0.3 is 4.74 Å². The standard InChI is InChI=1S/C15H13N5O4S2/c1-9-13(25-7-16-9)2-3-24-12-5-10(4-11(6-12)20(22)23)14(21)18-15-19-17-8-26-15/h4-8H,2-3H2,1H3,(H,18,19,21). The molecule has 134 valence electrons. The molecule has 2 heterocycles. The molecule has 3 aromatic rings. The molecule has 0 saturated carbocycles. The third kappa shape index (κ3) is 4.37. The number of nitro groups is 1. The highest BCUT2D eigenvalue weighted by Gasteiger charge is 2.16. The van der Waals surface area contributed by atoms with Crippen molar-refractivity contribution in [3.63, 3.8) is 0 Å². The first-order valence-corrected chi connectivity index (χ1v) is 9.17. The van der Waals surface area contributed by atoms with E-state index < -0.39 is 10.8 Å². The first-order valence-electron chi connectivity index (χ1n) is 7.41. The Morgan fingerprint density at radius 2 is 2.15 bits per heavy atom. The summed E-state index contributed by atoms with van der Waals surface area (Å²) in [5.74, 6) is -0.266. The van der Waals surface area contributed by atoms with Crippen LogP contribution in [0.1, 0.15) is 20.9 Å². The fraction of sp³-hybridized carbons (Fsp3) is 0.200. The summed E-state index contributed by atoms with van der Waals surface area (Å²) in [7, 11) is 0. The van der Waals surface area contributed by atoms with Crippen molar-refractivity contribution in [3.8, 4) is 5.75 Å². The van der Waals surface area contributed by atoms with Gasteiger partial charge in [0.2, 0.25) is 5.13 Å². The molecule has 9 nitrogen and oxygen atoms in total. The number of amides is 1. The molecule has 0 aliphatic carbocycles. The van der Waals surface area contributed by atoms with Gasteiger partial charge in [-0.3, -0.25) is 20.2 Å². The molecule has 0 atom stereocenters. The van der Waals surface area contributed by atoms with E-state index in [0.717, 1.165) is 21.9 Å². The number of nitro benzene ring substituents is 1. The van der Waals surface area contributed by atoms with Crippen LogP contribution in [0.25, 0.3) is 0 Å². The third-order valence-corrected chi connectivity index (χ3v) is 4.99. The van der Waals surface area contributed by atoms with Crippen molar-refractivity contribution >= 4 is 39.4 Å². The Morgan fingerprint density at radius 1 is 1.31 bits per heavy atom. The molecule has 0 saturated heterocycles. The second-order valence-electron chi connectivity index (χ2n) is 5.13. The summed E-state index contributed by atoms with van der Waals surface area (Å²) in [5.41, 5.74) is 4.06. The van der Waals surface area contributed by atoms with E-state index >= 15 is 0 Å². The molecule has 26 heavy (non-hydrogen) atoms. The predicted molar refractivity (Wildman–Crippen MR) is 97.0 cm³/mol. The van der Waals surface area contributed by atoms with Crippen molar-refractivity contribution in [1.29, 1.82) is 0 Å². The van der Waals surface area contributed by atoms with E-state index in [0.29, 0.717) is 18.2 Å². The summed E-state index contributed by atoms with van der Waals surface area (Å²) in [6.45, 7) is 2.23. The molecule has 0 spiro atoms. The van der Waals surface area contributed by atoms with Crippen LogP contribution in [-0.4, -0.2) is 32.6 Å². The van der Waals surface area contributed by atoms with Gasteiger partial charge in [0.05, 0.1) is 34.4 Å². The van der Waals surface area contributed by atoms with Crippen molar-refractivity contribution < 1.29 is 14.5 Å². The van der Waals surface area contributed by atoms with Gasteiger partial charge in [0.1, 0.15) is 11.3 Å². The van der Waals surface area contributed by atoms with Crippen molar-refractivity contribution in [2.75, 3.05) is 11.9 Å². The quantitative estimate of drug-likeness (QED) is 0.485. The van der Waals surface area contributed by atoms with Gasteiger partial charge in [0, 0.05) is 17.4 Å². The molecule has 3 rings (SSSR count). The van der Waals surface area contributed by atoms with Crippen LogP contribution in [0.15, 0.2) is 29.2 Å². The Hall–Kier alpha value is -2.92. The molecular formula is C15H13N5O4S2. The number of aryl methyl sites for hydroxylation is 1. The zero-order chi connectivity index (χ0) is 18.5. The smallest absolute Gasteiger partial charge is 0.273 e. The van der Waals surface area contributed by atoms with Gasteiger partial charge in [0.15, 0.2) is 0 Å². The molecule has 1 amide bonds. The van der Waals surface area contributed by atoms with Crippen molar-refractivity contribution in [2.24, 2.45) is 0 Å². The Kier molecular flexibility index (Phi) is 5.49. The van der Waals surface area contributed by atoms with Gasteiger partial charge in [-0.05, 0) is 13.0 Å². The molecule has 0 aliphatic rings. The van der Waals surface area contributed by atoms with Crippen LogP contribution in [0.3, 0.4) is 0 Å². The normalized spacial score (nSPS) is 10.5. The summed E-state index contributed by atoms with van der Waals surface area (Å²) in [5, 5.41) is 21.3. The zero-order valence-corrected chi connectivity index (χ0v) is 15.2. The van der Waals surface area contributed by atoms with Crippen LogP contribution in [0.5, 0.6) is 5.75 Å². The largest absolute Gasteiger partial charge is 0.493 e. The first kappa shape index (κ1) is 17.9. The monoisotopic (exact) mass is 391 g/mol. The van der Waals surface area contributed by atoms with E-state index in [9.17, 15) is 14.9 Å². The van der Waals surface area contributed by atoms with Gasteiger partial charge in [0.25, 0.3) is 11.6 Å². The highest BCUT2D eigenvalue weighted by molar-refractivity contribution is 7.13. The number of nitrogens with one attached hydrogen (secondary N) is 1. The van der Waals surface area contributed by atoms with E-state index in [2.05, 4.69) is 20.5 Å². The van der Waals surface area contributed by atoms with E-state index in [1.54, 1.807) is 5.51 Å². The maximum atomic E-state index is 12.3. The molecule has 0 fully saturated rings. The Morgan fingerprint density at radius 3 is 2.81 bits per heavy atom. The van der Waals surface area contributed by atoms with Crippen molar-refractivity contribution in [2.45, 2.75) is 13.3 Å². The van der Waals surface area contributed by atoms with E-state index in [1.165, 1.54) is 35.0 Å². The van der Waals surface area contributed by atoms with Crippen LogP contribution in [0, 0.1) is 17.0 Å². The predicted octanol–water partition coefficient (Wildman–Crippen LogP) is 3.09. The van der Waals surface area contributed by atoms with E-state index in [4.69, 9.17) is 4.74 Å². The van der Waals surface area contributed by atoms with Gasteiger partial charge in [-0.1, -0.05) is 11.3 Å². The van der Waals surface area contributed by atoms with Gasteiger partial charge in [-0.2, -0.15) is 0 Å². The highest BCUT2D eigenvalue weighted by atomic mass is 32.1. The highest BCUT2D eigenvalue weighted by Crippen LogP contribution is 2.24. The minimum Gasteiger partial charge on any atom is -0.493 e. The summed E-state index contributed by atoms with van der Waals surface area (Å²) >= 11 is 2.68. The lowest BCUT2D eigenvalue weighted by atomic mass is 10.1. The van der Waals surface area contributed by atoms with Crippen molar-refractivity contribution in [1.82, 2.24) is 15.2 Å². The number of thiazole rings is 1. The molecule has 1 N–H and O–H groups in total. The topological polar surface area (TPSA) is 120 Å². The molecule has 0 unspecified atom stereocenters. The summed E-state index contributed by atoms with van der Waals surface area (Å²) < 4.78 is 5.62. The molecule has 1 aromatic carbocycles. The van der Waals surface area contributed by atoms with Crippen LogP contribution >= 0.6 is 22.7 Å². The fourth-order valence-corrected chi connectivity index (χ4v) is 3.33. The number of carbonyl (C=O) groups is 1. The number of benzene rings is 1. The van der Waals surface area contributed by atoms with Gasteiger partial charge in [-0.15, -0.1) is 21.5 Å². The number of nitrogens with zero attached hydrogens (tertiary/aromatic N) is 4. The second kappa shape index (κ2) is 7.97. The Bertz CT molecular complexity index is 926. The number of hydrogen-bond acceptors (Lipinski definition) is 9. The third-order valence-electron chi connectivity index (χ3n) is 3.39. The minimum atomic E-state index is -0.568. The average molecular weight is 391 g/mol. The molecule has 0 bridgehead atoms. The van der Waals surface area contributed by atoms with Crippen molar-refractivity contribution in [3.05, 3.63) is 55.5 Å². The summed E-state index contributed by atoms with van der Waals surface area (Å²) in [6.07, 6.45) is 0.630. The number of ether oxygens (including phenoxy) is 1. The Balaban J connectivity index is 1.74. The second-order valence-corrected chi connectivity index (χ2v) is 6.90. The maximum absolute atomic E-state index is 12.3. The summed E-state index contributed by atoms with van der Waals surface area (Å²) in [6, 6.07) is 3.95. The number of hydrogen-bond donors (Lipinski definition) is 1. The maximum Gasteiger partial charge on any atom is 0.273 e. The molecular weight excluding hydrogens is 378 g/mol. The Labute approximate surface area is 155 Å². The van der Waals surface area contributed by atoms with Gasteiger partial charge in [-0.25, -0.2) is 4.98 Å². The lowest BCUT2D eigenvalue weighted by Gasteiger charge is -2.08. The molecule has 2 aromatic heterocycles. The zero-order valence-electron chi connectivity index (χ0n) is 13.5. The van der Waals surface area contributed by atoms with Crippen LogP contribution < -0.4 is 10.1 Å². The van der Waals surface area contributed by atoms with Gasteiger partial charge >= 0.3 is 0 Å². The number of carbonyl (C=O) groups excluding carboxylic acids is 1. The van der Waals surface area contributed by atoms with E-state index in [1.807, 2.05) is 6.92 Å². The SMILES string of the molecule is Cc1ncsc1CCOc1cc(C(=O)Nc2nncs2)cc([N+](=O)[O-])c1. The van der Waals surface area contributed by atoms with Crippen LogP contribution in [-0.2, 0) is 6.42 Å². The minimum absolute atomic E-state index is 0.110. The van der Waals surface area contributed by atoms with Crippen LogP contribution in [0.4, 0.5) is 10.8 Å². The molecule has 0 aliphatic heterocycles. The van der Waals surface area contributed by atoms with Crippen LogP contribution in [0.2, 0.25) is 0 Å². The number of anilines is 1. The summed E-state index contributed by atoms with van der Waals surface area (Å²) in [4.78, 5) is 28.1. The molecule has 11 heteroatoms.